The molecular formula is C15H15ClN2O. The van der Waals surface area contributed by atoms with Gasteiger partial charge in [-0.1, -0.05) is 47.5 Å². The maximum absolute atomic E-state index is 12.0. The third-order valence-electron chi connectivity index (χ3n) is 2.83. The minimum Gasteiger partial charge on any atom is -0.397 e. The van der Waals surface area contributed by atoms with Crippen LogP contribution in [-0.2, 0) is 6.54 Å². The van der Waals surface area contributed by atoms with Crippen molar-refractivity contribution in [3.05, 3.63) is 64.2 Å². The number of benzene rings is 2. The number of hydrogen-bond acceptors (Lipinski definition) is 2. The van der Waals surface area contributed by atoms with Crippen molar-refractivity contribution in [2.24, 2.45) is 0 Å². The number of para-hydroxylation sites is 1. The minimum absolute atomic E-state index is 0.221. The Morgan fingerprint density at radius 1 is 1.26 bits per heavy atom. The summed E-state index contributed by atoms with van der Waals surface area (Å²) in [5.41, 5.74) is 8.71. The van der Waals surface area contributed by atoms with E-state index in [1.165, 1.54) is 0 Å². The highest BCUT2D eigenvalue weighted by Gasteiger charge is 2.11. The summed E-state index contributed by atoms with van der Waals surface area (Å²) in [5.74, 6) is -0.221. The van der Waals surface area contributed by atoms with Gasteiger partial charge in [0.25, 0.3) is 5.91 Å². The first-order valence-electron chi connectivity index (χ1n) is 5.95. The first-order chi connectivity index (χ1) is 9.08. The molecule has 0 atom stereocenters. The highest BCUT2D eigenvalue weighted by molar-refractivity contribution is 6.33. The van der Waals surface area contributed by atoms with Crippen LogP contribution in [0.2, 0.25) is 5.02 Å². The summed E-state index contributed by atoms with van der Waals surface area (Å²) in [4.78, 5) is 12.0. The van der Waals surface area contributed by atoms with Crippen LogP contribution in [-0.4, -0.2) is 5.91 Å². The summed E-state index contributed by atoms with van der Waals surface area (Å²) in [6, 6.07) is 13.0. The number of halogens is 1. The number of nitrogen functional groups attached to an aromatic ring is 1. The second-order valence-electron chi connectivity index (χ2n) is 4.37. The first kappa shape index (κ1) is 13.4. The van der Waals surface area contributed by atoms with Gasteiger partial charge in [0.2, 0.25) is 0 Å². The maximum atomic E-state index is 12.0. The molecule has 1 amide bonds. The molecule has 0 saturated carbocycles. The molecule has 0 radical (unpaired) electrons. The van der Waals surface area contributed by atoms with Gasteiger partial charge in [-0.2, -0.15) is 0 Å². The fourth-order valence-electron chi connectivity index (χ4n) is 1.83. The van der Waals surface area contributed by atoms with Crippen LogP contribution in [0.3, 0.4) is 0 Å². The third-order valence-corrected chi connectivity index (χ3v) is 3.16. The molecule has 0 aliphatic carbocycles. The van der Waals surface area contributed by atoms with Gasteiger partial charge < -0.3 is 11.1 Å². The minimum atomic E-state index is -0.221. The van der Waals surface area contributed by atoms with E-state index in [9.17, 15) is 4.79 Å². The number of aryl methyl sites for hydroxylation is 1. The lowest BCUT2D eigenvalue weighted by atomic mass is 10.1. The molecule has 0 unspecified atom stereocenters. The molecular weight excluding hydrogens is 260 g/mol. The molecule has 2 aromatic carbocycles. The topological polar surface area (TPSA) is 55.1 Å². The molecule has 3 N–H and O–H groups in total. The molecule has 3 nitrogen and oxygen atoms in total. The summed E-state index contributed by atoms with van der Waals surface area (Å²) in [6.45, 7) is 2.48. The molecule has 19 heavy (non-hydrogen) atoms. The number of nitrogens with one attached hydrogen (secondary N) is 1. The average molecular weight is 275 g/mol. The Morgan fingerprint density at radius 3 is 2.74 bits per heavy atom. The summed E-state index contributed by atoms with van der Waals surface area (Å²) >= 11 is 5.89. The molecule has 0 fully saturated rings. The summed E-state index contributed by atoms with van der Waals surface area (Å²) in [5, 5.41) is 3.22. The van der Waals surface area contributed by atoms with E-state index in [2.05, 4.69) is 5.32 Å². The molecule has 0 bridgehead atoms. The second-order valence-corrected chi connectivity index (χ2v) is 4.78. The zero-order chi connectivity index (χ0) is 13.8. The predicted molar refractivity (Wildman–Crippen MR) is 78.2 cm³/mol. The van der Waals surface area contributed by atoms with Gasteiger partial charge in [0.1, 0.15) is 0 Å². The molecule has 2 aromatic rings. The van der Waals surface area contributed by atoms with E-state index < -0.39 is 0 Å². The Morgan fingerprint density at radius 2 is 2.00 bits per heavy atom. The van der Waals surface area contributed by atoms with Crippen LogP contribution >= 0.6 is 11.6 Å². The van der Waals surface area contributed by atoms with Crippen LogP contribution < -0.4 is 11.1 Å². The molecule has 0 saturated heterocycles. The lowest BCUT2D eigenvalue weighted by Gasteiger charge is -2.09. The van der Waals surface area contributed by atoms with Gasteiger partial charge in [-0.15, -0.1) is 0 Å². The van der Waals surface area contributed by atoms with Gasteiger partial charge >= 0.3 is 0 Å². The lowest BCUT2D eigenvalue weighted by molar-refractivity contribution is 0.0952. The molecule has 0 aromatic heterocycles. The van der Waals surface area contributed by atoms with Crippen LogP contribution in [0, 0.1) is 6.92 Å². The molecule has 4 heteroatoms. The highest BCUT2D eigenvalue weighted by atomic mass is 35.5. The van der Waals surface area contributed by atoms with E-state index in [1.54, 1.807) is 18.2 Å². The van der Waals surface area contributed by atoms with Crippen molar-refractivity contribution in [2.75, 3.05) is 5.73 Å². The van der Waals surface area contributed by atoms with Crippen molar-refractivity contribution in [3.63, 3.8) is 0 Å². The quantitative estimate of drug-likeness (QED) is 0.845. The smallest absolute Gasteiger partial charge is 0.253 e. The standard InChI is InChI=1S/C15H15ClN2O/c1-10-4-2-5-11(8-10)9-18-15(19)12-6-3-7-13(16)14(12)17/h2-8H,9,17H2,1H3,(H,18,19). The molecule has 0 aliphatic heterocycles. The van der Waals surface area contributed by atoms with Crippen LogP contribution in [0.4, 0.5) is 5.69 Å². The van der Waals surface area contributed by atoms with E-state index in [1.807, 2.05) is 31.2 Å². The van der Waals surface area contributed by atoms with Crippen molar-refractivity contribution in [1.82, 2.24) is 5.32 Å². The van der Waals surface area contributed by atoms with Crippen LogP contribution in [0.25, 0.3) is 0 Å². The van der Waals surface area contributed by atoms with Crippen molar-refractivity contribution in [3.8, 4) is 0 Å². The summed E-state index contributed by atoms with van der Waals surface area (Å²) in [7, 11) is 0. The lowest BCUT2D eigenvalue weighted by Crippen LogP contribution is -2.23. The van der Waals surface area contributed by atoms with Crippen LogP contribution in [0.1, 0.15) is 21.5 Å². The van der Waals surface area contributed by atoms with Crippen molar-refractivity contribution >= 4 is 23.2 Å². The number of nitrogens with two attached hydrogens (primary N) is 1. The van der Waals surface area contributed by atoms with Crippen LogP contribution in [0.5, 0.6) is 0 Å². The Labute approximate surface area is 117 Å². The van der Waals surface area contributed by atoms with E-state index in [-0.39, 0.29) is 5.91 Å². The largest absolute Gasteiger partial charge is 0.397 e. The molecule has 0 spiro atoms. The highest BCUT2D eigenvalue weighted by Crippen LogP contribution is 2.22. The zero-order valence-corrected chi connectivity index (χ0v) is 11.4. The zero-order valence-electron chi connectivity index (χ0n) is 10.6. The molecule has 0 aliphatic rings. The van der Waals surface area contributed by atoms with Gasteiger partial charge in [0.15, 0.2) is 0 Å². The Hall–Kier alpha value is -2.00. The first-order valence-corrected chi connectivity index (χ1v) is 6.33. The summed E-state index contributed by atoms with van der Waals surface area (Å²) in [6.07, 6.45) is 0. The second kappa shape index (κ2) is 5.76. The number of carbonyl (C=O) groups is 1. The van der Waals surface area contributed by atoms with E-state index >= 15 is 0 Å². The predicted octanol–water partition coefficient (Wildman–Crippen LogP) is 3.16. The maximum Gasteiger partial charge on any atom is 0.253 e. The Kier molecular flexibility index (Phi) is 4.07. The number of hydrogen-bond donors (Lipinski definition) is 2. The Bertz CT molecular complexity index is 611. The fraction of sp³-hybridized carbons (Fsp3) is 0.133. The Balaban J connectivity index is 2.08. The molecule has 0 heterocycles. The van der Waals surface area contributed by atoms with Gasteiger partial charge in [-0.3, -0.25) is 4.79 Å². The third kappa shape index (κ3) is 3.26. The fourth-order valence-corrected chi connectivity index (χ4v) is 2.01. The number of rotatable bonds is 3. The number of anilines is 1. The summed E-state index contributed by atoms with van der Waals surface area (Å²) < 4.78 is 0. The molecule has 2 rings (SSSR count). The van der Waals surface area contributed by atoms with Gasteiger partial charge in [0.05, 0.1) is 16.3 Å². The van der Waals surface area contributed by atoms with Crippen molar-refractivity contribution < 1.29 is 4.79 Å². The monoisotopic (exact) mass is 274 g/mol. The van der Waals surface area contributed by atoms with Crippen molar-refractivity contribution in [2.45, 2.75) is 13.5 Å². The van der Waals surface area contributed by atoms with Gasteiger partial charge in [-0.25, -0.2) is 0 Å². The van der Waals surface area contributed by atoms with Crippen molar-refractivity contribution in [1.29, 1.82) is 0 Å². The number of amides is 1. The SMILES string of the molecule is Cc1cccc(CNC(=O)c2cccc(Cl)c2N)c1. The van der Waals surface area contributed by atoms with Gasteiger partial charge in [-0.05, 0) is 24.6 Å². The van der Waals surface area contributed by atoms with E-state index in [0.717, 1.165) is 11.1 Å². The normalized spacial score (nSPS) is 10.2. The van der Waals surface area contributed by atoms with E-state index in [0.29, 0.717) is 22.8 Å². The van der Waals surface area contributed by atoms with Gasteiger partial charge in [0, 0.05) is 6.54 Å². The van der Waals surface area contributed by atoms with Crippen LogP contribution in [0.15, 0.2) is 42.5 Å². The average Bonchev–Trinajstić information content (AvgIpc) is 2.39. The number of carbonyl (C=O) groups excluding carboxylic acids is 1. The molecule has 98 valence electrons. The van der Waals surface area contributed by atoms with E-state index in [4.69, 9.17) is 17.3 Å².